The van der Waals surface area contributed by atoms with Crippen LogP contribution in [0.2, 0.25) is 11.2 Å². The molecule has 0 amide bonds. The molecule has 3 aliphatic heterocycles. The summed E-state index contributed by atoms with van der Waals surface area (Å²) in [5, 5.41) is 19.0. The van der Waals surface area contributed by atoms with E-state index < -0.39 is 36.0 Å². The molecule has 2 fully saturated rings. The predicted molar refractivity (Wildman–Crippen MR) is 149 cm³/mol. The number of hydrogen-bond donors (Lipinski definition) is 1. The van der Waals surface area contributed by atoms with Crippen LogP contribution in [0.15, 0.2) is 34.7 Å². The number of alkyl halides is 2. The number of benzene rings is 1. The monoisotopic (exact) mass is 628 g/mol. The molecule has 2 atom stereocenters. The van der Waals surface area contributed by atoms with Crippen LogP contribution in [0.1, 0.15) is 18.7 Å². The molecule has 12 nitrogen and oxygen atoms in total. The highest BCUT2D eigenvalue weighted by atomic mass is 35.5. The second-order valence-corrected chi connectivity index (χ2v) is 11.2. The predicted octanol–water partition coefficient (Wildman–Crippen LogP) is 3.34. The fraction of sp³-hybridized carbons (Fsp3) is 0.407. The molecule has 3 aromatic heterocycles. The highest BCUT2D eigenvalue weighted by Crippen LogP contribution is 2.39. The van der Waals surface area contributed by atoms with Gasteiger partial charge in [-0.25, -0.2) is 23.5 Å². The van der Waals surface area contributed by atoms with Crippen molar-refractivity contribution in [3.8, 4) is 5.88 Å². The Kier molecular flexibility index (Phi) is 6.99. The average Bonchev–Trinajstić information content (AvgIpc) is 3.58. The number of aromatic nitrogens is 4. The SMILES string of the molecule is O=C(O)[C@@H]1C[C@H](Oc2nnc(Cl)cc2[N+]2=C(C[Si+])C3(COC3)OCC2)CN1c1nc(C(F)F)nc2c1oc1ccccc12. The van der Waals surface area contributed by atoms with Gasteiger partial charge in [0, 0.05) is 11.8 Å². The fourth-order valence-corrected chi connectivity index (χ4v) is 6.53. The lowest BCUT2D eigenvalue weighted by Gasteiger charge is -2.40. The molecular formula is C27H23ClF2N6O6Si+2. The molecule has 1 spiro atoms. The summed E-state index contributed by atoms with van der Waals surface area (Å²) < 4.78 is 53.6. The molecule has 2 saturated heterocycles. The van der Waals surface area contributed by atoms with Crippen LogP contribution in [0.4, 0.5) is 20.3 Å². The molecule has 1 aromatic carbocycles. The maximum Gasteiger partial charge on any atom is 0.716 e. The van der Waals surface area contributed by atoms with Crippen molar-refractivity contribution in [2.24, 2.45) is 0 Å². The van der Waals surface area contributed by atoms with Gasteiger partial charge in [-0.2, -0.15) is 4.58 Å². The number of nitrogens with zero attached hydrogens (tertiary/aromatic N) is 6. The summed E-state index contributed by atoms with van der Waals surface area (Å²) in [7, 11) is 3.62. The number of anilines is 1. The van der Waals surface area contributed by atoms with Gasteiger partial charge in [-0.3, -0.25) is 0 Å². The molecule has 1 N–H and O–H groups in total. The molecule has 6 heterocycles. The zero-order valence-corrected chi connectivity index (χ0v) is 24.1. The van der Waals surface area contributed by atoms with E-state index in [1.54, 1.807) is 30.3 Å². The van der Waals surface area contributed by atoms with E-state index in [-0.39, 0.29) is 40.9 Å². The van der Waals surface area contributed by atoms with E-state index in [2.05, 4.69) is 30.4 Å². The van der Waals surface area contributed by atoms with E-state index in [1.165, 1.54) is 4.90 Å². The van der Waals surface area contributed by atoms with Crippen LogP contribution in [0.3, 0.4) is 0 Å². The first-order valence-corrected chi connectivity index (χ1v) is 14.5. The van der Waals surface area contributed by atoms with Crippen LogP contribution in [-0.4, -0.2) is 102 Å². The Balaban J connectivity index is 1.27. The topological polar surface area (TPSA) is 136 Å². The van der Waals surface area contributed by atoms with E-state index >= 15 is 0 Å². The largest absolute Gasteiger partial charge is 0.716 e. The second-order valence-electron chi connectivity index (χ2n) is 10.4. The van der Waals surface area contributed by atoms with Crippen molar-refractivity contribution in [1.29, 1.82) is 0 Å². The highest BCUT2D eigenvalue weighted by Gasteiger charge is 2.54. The standard InChI is InChI=1S/C27H22ClF2N6O6Si/c28-19-8-15(35-5-6-40-27(11-39-12-27)18(35)10-43)25(34-33-19)41-13-7-16(26(37)38)36(9-13)24-21-20(31-23(32-24)22(29)30)14-3-1-2-4-17(14)42-21/h1-4,8,13,16,22H,5-7,9-12H2/q+1/p+1/t13-,16-/m0/s1. The van der Waals surface area contributed by atoms with Crippen molar-refractivity contribution < 1.29 is 41.9 Å². The van der Waals surface area contributed by atoms with Gasteiger partial charge in [0.25, 0.3) is 12.1 Å². The number of furan rings is 1. The van der Waals surface area contributed by atoms with Gasteiger partial charge in [0.1, 0.15) is 29.9 Å². The van der Waals surface area contributed by atoms with Crippen molar-refractivity contribution in [2.45, 2.75) is 36.6 Å². The van der Waals surface area contributed by atoms with Gasteiger partial charge < -0.3 is 28.6 Å². The molecule has 16 heteroatoms. The van der Waals surface area contributed by atoms with Gasteiger partial charge in [0.2, 0.25) is 11.8 Å². The summed E-state index contributed by atoms with van der Waals surface area (Å²) in [6.45, 7) is 1.70. The highest BCUT2D eigenvalue weighted by molar-refractivity contribution is 6.29. The Morgan fingerprint density at radius 1 is 1.28 bits per heavy atom. The van der Waals surface area contributed by atoms with Crippen molar-refractivity contribution in [3.05, 3.63) is 41.3 Å². The number of rotatable bonds is 7. The first kappa shape index (κ1) is 28.0. The molecule has 220 valence electrons. The Morgan fingerprint density at radius 2 is 2.09 bits per heavy atom. The molecule has 0 bridgehead atoms. The smallest absolute Gasteiger partial charge is 0.480 e. The van der Waals surface area contributed by atoms with Gasteiger partial charge >= 0.3 is 22.1 Å². The van der Waals surface area contributed by atoms with E-state index in [4.69, 9.17) is 30.2 Å². The number of carboxylic acids is 1. The molecule has 3 aliphatic rings. The van der Waals surface area contributed by atoms with Gasteiger partial charge in [0.05, 0.1) is 25.8 Å². The van der Waals surface area contributed by atoms with Crippen LogP contribution >= 0.6 is 11.6 Å². The summed E-state index contributed by atoms with van der Waals surface area (Å²) >= 11 is 6.25. The van der Waals surface area contributed by atoms with Crippen molar-refractivity contribution in [3.63, 3.8) is 0 Å². The van der Waals surface area contributed by atoms with E-state index in [9.17, 15) is 18.7 Å². The normalized spacial score (nSPS) is 21.7. The van der Waals surface area contributed by atoms with Crippen LogP contribution in [0, 0.1) is 0 Å². The number of carbonyl (C=O) groups is 1. The van der Waals surface area contributed by atoms with E-state index in [1.807, 2.05) is 4.58 Å². The molecule has 0 unspecified atom stereocenters. The molecule has 7 rings (SSSR count). The minimum atomic E-state index is -2.99. The first-order chi connectivity index (χ1) is 20.8. The van der Waals surface area contributed by atoms with Crippen molar-refractivity contribution in [2.75, 3.05) is 37.8 Å². The number of ether oxygens (including phenoxy) is 3. The molecule has 0 aliphatic carbocycles. The van der Waals surface area contributed by atoms with Crippen LogP contribution in [0.25, 0.3) is 22.1 Å². The lowest BCUT2D eigenvalue weighted by molar-refractivity contribution is -0.473. The summed E-state index contributed by atoms with van der Waals surface area (Å²) in [4.78, 5) is 22.0. The minimum absolute atomic E-state index is 0.00434. The summed E-state index contributed by atoms with van der Waals surface area (Å²) in [5.41, 5.74) is 1.56. The zero-order valence-electron chi connectivity index (χ0n) is 22.4. The number of aliphatic carboxylic acids is 1. The number of fused-ring (bicyclic) bond motifs is 3. The van der Waals surface area contributed by atoms with Gasteiger partial charge in [-0.15, -0.1) is 10.2 Å². The Labute approximate surface area is 250 Å². The molecule has 2 radical (unpaired) electrons. The van der Waals surface area contributed by atoms with Gasteiger partial charge in [-0.1, -0.05) is 23.7 Å². The first-order valence-electron chi connectivity index (χ1n) is 13.4. The summed E-state index contributed by atoms with van der Waals surface area (Å²) in [6.07, 6.45) is -3.71. The van der Waals surface area contributed by atoms with Crippen LogP contribution in [0.5, 0.6) is 5.88 Å². The maximum absolute atomic E-state index is 13.9. The van der Waals surface area contributed by atoms with Crippen molar-refractivity contribution in [1.82, 2.24) is 20.2 Å². The molecular weight excluding hydrogens is 606 g/mol. The average molecular weight is 629 g/mol. The minimum Gasteiger partial charge on any atom is -0.480 e. The number of hydrogen-bond acceptors (Lipinski definition) is 10. The third kappa shape index (κ3) is 4.70. The van der Waals surface area contributed by atoms with Crippen LogP contribution in [-0.2, 0) is 14.3 Å². The zero-order chi connectivity index (χ0) is 29.9. The van der Waals surface area contributed by atoms with Crippen LogP contribution < -0.4 is 9.64 Å². The molecule has 43 heavy (non-hydrogen) atoms. The lowest BCUT2D eigenvalue weighted by atomic mass is 9.94. The molecule has 4 aromatic rings. The maximum atomic E-state index is 13.9. The second kappa shape index (κ2) is 10.7. The third-order valence-electron chi connectivity index (χ3n) is 7.90. The third-order valence-corrected chi connectivity index (χ3v) is 8.42. The number of para-hydroxylation sites is 1. The lowest BCUT2D eigenvalue weighted by Crippen LogP contribution is -2.62. The van der Waals surface area contributed by atoms with Crippen molar-refractivity contribution >= 4 is 67.1 Å². The number of halogens is 3. The van der Waals surface area contributed by atoms with Gasteiger partial charge in [-0.05, 0) is 12.1 Å². The Hall–Kier alpha value is -3.79. The Morgan fingerprint density at radius 3 is 2.81 bits per heavy atom. The van der Waals surface area contributed by atoms with E-state index in [0.717, 1.165) is 5.71 Å². The summed E-state index contributed by atoms with van der Waals surface area (Å²) in [5.74, 6) is -1.82. The van der Waals surface area contributed by atoms with E-state index in [0.29, 0.717) is 49.1 Å². The molecule has 0 saturated carbocycles. The van der Waals surface area contributed by atoms with Gasteiger partial charge in [0.15, 0.2) is 34.5 Å². The quantitative estimate of drug-likeness (QED) is 0.238. The summed E-state index contributed by atoms with van der Waals surface area (Å²) in [6, 6.07) is 7.80. The number of carboxylic acid groups (broad SMARTS) is 1. The fourth-order valence-electron chi connectivity index (χ4n) is 5.88. The Bertz CT molecular complexity index is 1790.